The van der Waals surface area contributed by atoms with E-state index in [-0.39, 0.29) is 6.67 Å². The predicted octanol–water partition coefficient (Wildman–Crippen LogP) is 1.03. The number of rotatable bonds is 5. The van der Waals surface area contributed by atoms with Crippen molar-refractivity contribution in [3.05, 3.63) is 0 Å². The summed E-state index contributed by atoms with van der Waals surface area (Å²) in [6.07, 6.45) is 2.65. The van der Waals surface area contributed by atoms with Crippen LogP contribution in [0.5, 0.6) is 0 Å². The molecule has 0 radical (unpaired) electrons. The fourth-order valence-corrected chi connectivity index (χ4v) is 1.69. The molecule has 1 aliphatic rings. The molecule has 1 unspecified atom stereocenters. The Bertz CT molecular complexity index is 113. The molecule has 1 atom stereocenters. The molecule has 0 spiro atoms. The standard InChI is InChI=1S/C9H19FN2/c1-9(8-11-5-4-10)12-6-2-3-7-12/h9,11H,2-8H2,1H3. The van der Waals surface area contributed by atoms with Gasteiger partial charge in [-0.25, -0.2) is 4.39 Å². The van der Waals surface area contributed by atoms with Gasteiger partial charge in [0.05, 0.1) is 0 Å². The van der Waals surface area contributed by atoms with E-state index >= 15 is 0 Å². The molecule has 0 saturated carbocycles. The molecule has 3 heteroatoms. The average molecular weight is 174 g/mol. The minimum absolute atomic E-state index is 0.257. The summed E-state index contributed by atoms with van der Waals surface area (Å²) in [5.41, 5.74) is 0. The lowest BCUT2D eigenvalue weighted by Gasteiger charge is -2.23. The van der Waals surface area contributed by atoms with Gasteiger partial charge in [-0.15, -0.1) is 0 Å². The number of nitrogens with one attached hydrogen (secondary N) is 1. The van der Waals surface area contributed by atoms with Crippen molar-refractivity contribution in [2.45, 2.75) is 25.8 Å². The highest BCUT2D eigenvalue weighted by molar-refractivity contribution is 4.74. The second kappa shape index (κ2) is 5.49. The van der Waals surface area contributed by atoms with Crippen LogP contribution in [-0.2, 0) is 0 Å². The molecule has 12 heavy (non-hydrogen) atoms. The van der Waals surface area contributed by atoms with E-state index < -0.39 is 0 Å². The van der Waals surface area contributed by atoms with E-state index in [0.29, 0.717) is 12.6 Å². The number of likely N-dealkylation sites (tertiary alicyclic amines) is 1. The molecular weight excluding hydrogens is 155 g/mol. The highest BCUT2D eigenvalue weighted by Crippen LogP contribution is 2.10. The molecule has 0 aromatic heterocycles. The maximum Gasteiger partial charge on any atom is 0.102 e. The van der Waals surface area contributed by atoms with E-state index in [2.05, 4.69) is 17.1 Å². The first-order valence-electron chi connectivity index (χ1n) is 4.85. The topological polar surface area (TPSA) is 15.3 Å². The van der Waals surface area contributed by atoms with Crippen molar-refractivity contribution in [1.29, 1.82) is 0 Å². The van der Waals surface area contributed by atoms with Crippen LogP contribution in [0.1, 0.15) is 19.8 Å². The first kappa shape index (κ1) is 9.93. The highest BCUT2D eigenvalue weighted by atomic mass is 19.1. The second-order valence-corrected chi connectivity index (χ2v) is 3.49. The molecule has 72 valence electrons. The zero-order chi connectivity index (χ0) is 8.81. The average Bonchev–Trinajstić information content (AvgIpc) is 2.56. The molecule has 0 aromatic rings. The number of hydrogen-bond donors (Lipinski definition) is 1. The smallest absolute Gasteiger partial charge is 0.102 e. The van der Waals surface area contributed by atoms with E-state index in [1.165, 1.54) is 25.9 Å². The molecule has 1 aliphatic heterocycles. The molecule has 0 aromatic carbocycles. The van der Waals surface area contributed by atoms with Crippen molar-refractivity contribution in [3.8, 4) is 0 Å². The van der Waals surface area contributed by atoms with Crippen molar-refractivity contribution in [2.24, 2.45) is 0 Å². The van der Waals surface area contributed by atoms with Gasteiger partial charge in [-0.2, -0.15) is 0 Å². The summed E-state index contributed by atoms with van der Waals surface area (Å²) in [5.74, 6) is 0. The molecule has 1 fully saturated rings. The first-order chi connectivity index (χ1) is 5.84. The minimum Gasteiger partial charge on any atom is -0.313 e. The van der Waals surface area contributed by atoms with Crippen molar-refractivity contribution in [3.63, 3.8) is 0 Å². The molecule has 0 aliphatic carbocycles. The van der Waals surface area contributed by atoms with Crippen molar-refractivity contribution >= 4 is 0 Å². The highest BCUT2D eigenvalue weighted by Gasteiger charge is 2.16. The van der Waals surface area contributed by atoms with E-state index in [0.717, 1.165) is 6.54 Å². The fourth-order valence-electron chi connectivity index (χ4n) is 1.69. The molecule has 0 bridgehead atoms. The number of hydrogen-bond acceptors (Lipinski definition) is 2. The number of alkyl halides is 1. The van der Waals surface area contributed by atoms with Crippen LogP contribution >= 0.6 is 0 Å². The zero-order valence-corrected chi connectivity index (χ0v) is 7.85. The molecule has 1 heterocycles. The SMILES string of the molecule is CC(CNCCF)N1CCCC1. The lowest BCUT2D eigenvalue weighted by Crippen LogP contribution is -2.39. The van der Waals surface area contributed by atoms with E-state index in [9.17, 15) is 4.39 Å². The van der Waals surface area contributed by atoms with Gasteiger partial charge in [0, 0.05) is 19.1 Å². The van der Waals surface area contributed by atoms with Crippen LogP contribution < -0.4 is 5.32 Å². The summed E-state index contributed by atoms with van der Waals surface area (Å²) in [4.78, 5) is 2.46. The van der Waals surface area contributed by atoms with Crippen LogP contribution in [0.15, 0.2) is 0 Å². The summed E-state index contributed by atoms with van der Waals surface area (Å²) in [5, 5.41) is 3.10. The van der Waals surface area contributed by atoms with Crippen molar-refractivity contribution < 1.29 is 4.39 Å². The fraction of sp³-hybridized carbons (Fsp3) is 1.00. The van der Waals surface area contributed by atoms with Gasteiger partial charge in [-0.3, -0.25) is 4.90 Å². The number of nitrogens with zero attached hydrogens (tertiary/aromatic N) is 1. The Hall–Kier alpha value is -0.150. The summed E-state index contributed by atoms with van der Waals surface area (Å²) in [6, 6.07) is 0.569. The lowest BCUT2D eigenvalue weighted by molar-refractivity contribution is 0.250. The van der Waals surface area contributed by atoms with Crippen LogP contribution in [0.25, 0.3) is 0 Å². The molecule has 2 nitrogen and oxygen atoms in total. The Balaban J connectivity index is 2.05. The van der Waals surface area contributed by atoms with Gasteiger partial charge < -0.3 is 5.32 Å². The van der Waals surface area contributed by atoms with Crippen molar-refractivity contribution in [1.82, 2.24) is 10.2 Å². The summed E-state index contributed by atoms with van der Waals surface area (Å²) >= 11 is 0. The Morgan fingerprint density at radius 3 is 2.67 bits per heavy atom. The zero-order valence-electron chi connectivity index (χ0n) is 7.85. The second-order valence-electron chi connectivity index (χ2n) is 3.49. The maximum absolute atomic E-state index is 11.7. The van der Waals surface area contributed by atoms with E-state index in [1.54, 1.807) is 0 Å². The Kier molecular flexibility index (Phi) is 4.54. The van der Waals surface area contributed by atoms with Gasteiger partial charge in [0.1, 0.15) is 6.67 Å². The van der Waals surface area contributed by atoms with Gasteiger partial charge in [-0.05, 0) is 32.9 Å². The number of halogens is 1. The Labute approximate surface area is 74.1 Å². The largest absolute Gasteiger partial charge is 0.313 e. The van der Waals surface area contributed by atoms with E-state index in [4.69, 9.17) is 0 Å². The summed E-state index contributed by atoms with van der Waals surface area (Å²) in [6.45, 7) is 5.81. The third-order valence-electron chi connectivity index (χ3n) is 2.48. The van der Waals surface area contributed by atoms with Crippen LogP contribution in [0.4, 0.5) is 4.39 Å². The first-order valence-corrected chi connectivity index (χ1v) is 4.85. The van der Waals surface area contributed by atoms with Crippen LogP contribution in [-0.4, -0.2) is 43.8 Å². The molecule has 0 amide bonds. The third-order valence-corrected chi connectivity index (χ3v) is 2.48. The summed E-state index contributed by atoms with van der Waals surface area (Å²) in [7, 11) is 0. The molecule has 1 saturated heterocycles. The van der Waals surface area contributed by atoms with Gasteiger partial charge >= 0.3 is 0 Å². The molecular formula is C9H19FN2. The van der Waals surface area contributed by atoms with Crippen LogP contribution in [0, 0.1) is 0 Å². The van der Waals surface area contributed by atoms with Gasteiger partial charge in [0.25, 0.3) is 0 Å². The predicted molar refractivity (Wildman–Crippen MR) is 49.1 cm³/mol. The minimum atomic E-state index is -0.257. The van der Waals surface area contributed by atoms with Gasteiger partial charge in [-0.1, -0.05) is 0 Å². The molecule has 1 N–H and O–H groups in total. The van der Waals surface area contributed by atoms with Crippen molar-refractivity contribution in [2.75, 3.05) is 32.9 Å². The van der Waals surface area contributed by atoms with Crippen LogP contribution in [0.3, 0.4) is 0 Å². The third kappa shape index (κ3) is 3.07. The van der Waals surface area contributed by atoms with Gasteiger partial charge in [0.15, 0.2) is 0 Å². The van der Waals surface area contributed by atoms with E-state index in [1.807, 2.05) is 0 Å². The Morgan fingerprint density at radius 2 is 2.08 bits per heavy atom. The summed E-state index contributed by atoms with van der Waals surface area (Å²) < 4.78 is 11.7. The maximum atomic E-state index is 11.7. The quantitative estimate of drug-likeness (QED) is 0.626. The molecule has 1 rings (SSSR count). The lowest BCUT2D eigenvalue weighted by atomic mass is 10.3. The Morgan fingerprint density at radius 1 is 1.42 bits per heavy atom. The monoisotopic (exact) mass is 174 g/mol. The van der Waals surface area contributed by atoms with Crippen LogP contribution in [0.2, 0.25) is 0 Å². The van der Waals surface area contributed by atoms with Gasteiger partial charge in [0.2, 0.25) is 0 Å². The normalized spacial score (nSPS) is 21.5.